The van der Waals surface area contributed by atoms with Crippen molar-refractivity contribution in [2.24, 2.45) is 0 Å². The van der Waals surface area contributed by atoms with E-state index in [1.807, 2.05) is 13.1 Å². The zero-order valence-corrected chi connectivity index (χ0v) is 10.1. The molecule has 16 heavy (non-hydrogen) atoms. The molecule has 2 rings (SSSR count). The van der Waals surface area contributed by atoms with Crippen LogP contribution in [0.2, 0.25) is 5.02 Å². The molecule has 88 valence electrons. The van der Waals surface area contributed by atoms with E-state index in [4.69, 9.17) is 22.1 Å². The molecule has 0 unspecified atom stereocenters. The van der Waals surface area contributed by atoms with Crippen LogP contribution in [-0.2, 0) is 4.74 Å². The van der Waals surface area contributed by atoms with Crippen LogP contribution in [0.15, 0.2) is 12.3 Å². The summed E-state index contributed by atoms with van der Waals surface area (Å²) in [5, 5.41) is 0.504. The van der Waals surface area contributed by atoms with Crippen molar-refractivity contribution in [2.45, 2.75) is 18.9 Å². The molecule has 0 atom stereocenters. The number of hydrogen-bond donors (Lipinski definition) is 1. The lowest BCUT2D eigenvalue weighted by atomic mass is 10.1. The van der Waals surface area contributed by atoms with Crippen molar-refractivity contribution < 1.29 is 4.74 Å². The molecule has 0 bridgehead atoms. The molecule has 1 aromatic heterocycles. The molecule has 1 aliphatic heterocycles. The van der Waals surface area contributed by atoms with Gasteiger partial charge in [0.15, 0.2) is 0 Å². The molecule has 2 heterocycles. The van der Waals surface area contributed by atoms with Crippen molar-refractivity contribution in [2.75, 3.05) is 30.9 Å². The highest BCUT2D eigenvalue weighted by atomic mass is 35.5. The first-order valence-electron chi connectivity index (χ1n) is 5.40. The van der Waals surface area contributed by atoms with E-state index in [2.05, 4.69) is 9.88 Å². The standard InChI is InChI=1S/C11H16ClN3O/c1-15(8-2-4-16-5-3-8)11-6-10(13)9(12)7-14-11/h6-8H,2-5H2,1H3,(H2,13,14). The Labute approximate surface area is 100 Å². The second kappa shape index (κ2) is 4.89. The smallest absolute Gasteiger partial charge is 0.130 e. The monoisotopic (exact) mass is 241 g/mol. The summed E-state index contributed by atoms with van der Waals surface area (Å²) in [7, 11) is 2.03. The summed E-state index contributed by atoms with van der Waals surface area (Å²) in [4.78, 5) is 6.44. The molecule has 1 saturated heterocycles. The normalized spacial score (nSPS) is 17.4. The van der Waals surface area contributed by atoms with Crippen LogP contribution in [0.1, 0.15) is 12.8 Å². The number of anilines is 2. The van der Waals surface area contributed by atoms with Gasteiger partial charge in [-0.3, -0.25) is 0 Å². The Morgan fingerprint density at radius 3 is 2.81 bits per heavy atom. The Bertz CT molecular complexity index is 366. The zero-order valence-electron chi connectivity index (χ0n) is 9.32. The Kier molecular flexibility index (Phi) is 3.51. The van der Waals surface area contributed by atoms with Gasteiger partial charge >= 0.3 is 0 Å². The SMILES string of the molecule is CN(c1cc(N)c(Cl)cn1)C1CCOCC1. The third kappa shape index (κ3) is 2.39. The van der Waals surface area contributed by atoms with E-state index < -0.39 is 0 Å². The molecular weight excluding hydrogens is 226 g/mol. The van der Waals surface area contributed by atoms with Crippen molar-refractivity contribution in [3.8, 4) is 0 Å². The molecule has 0 saturated carbocycles. The van der Waals surface area contributed by atoms with Crippen LogP contribution in [0.25, 0.3) is 0 Å². The number of halogens is 1. The van der Waals surface area contributed by atoms with Crippen LogP contribution in [0.5, 0.6) is 0 Å². The molecule has 0 aromatic carbocycles. The second-order valence-electron chi connectivity index (χ2n) is 4.02. The van der Waals surface area contributed by atoms with Crippen LogP contribution in [-0.4, -0.2) is 31.3 Å². The predicted molar refractivity (Wildman–Crippen MR) is 65.9 cm³/mol. The van der Waals surface area contributed by atoms with E-state index in [-0.39, 0.29) is 0 Å². The summed E-state index contributed by atoms with van der Waals surface area (Å²) >= 11 is 5.85. The summed E-state index contributed by atoms with van der Waals surface area (Å²) in [6, 6.07) is 2.29. The number of ether oxygens (including phenoxy) is 1. The third-order valence-electron chi connectivity index (χ3n) is 2.97. The fourth-order valence-corrected chi connectivity index (χ4v) is 2.00. The first kappa shape index (κ1) is 11.5. The quantitative estimate of drug-likeness (QED) is 0.860. The second-order valence-corrected chi connectivity index (χ2v) is 4.43. The fourth-order valence-electron chi connectivity index (χ4n) is 1.90. The van der Waals surface area contributed by atoms with Gasteiger partial charge in [0, 0.05) is 38.6 Å². The summed E-state index contributed by atoms with van der Waals surface area (Å²) in [5.41, 5.74) is 6.34. The molecule has 0 aliphatic carbocycles. The lowest BCUT2D eigenvalue weighted by Crippen LogP contribution is -2.37. The minimum atomic E-state index is 0.474. The van der Waals surface area contributed by atoms with Crippen molar-refractivity contribution in [3.63, 3.8) is 0 Å². The van der Waals surface area contributed by atoms with E-state index in [0.29, 0.717) is 16.8 Å². The molecule has 0 spiro atoms. The Morgan fingerprint density at radius 1 is 1.50 bits per heavy atom. The largest absolute Gasteiger partial charge is 0.397 e. The van der Waals surface area contributed by atoms with Crippen LogP contribution in [0.4, 0.5) is 11.5 Å². The van der Waals surface area contributed by atoms with E-state index in [1.165, 1.54) is 0 Å². The lowest BCUT2D eigenvalue weighted by molar-refractivity contribution is 0.0853. The maximum Gasteiger partial charge on any atom is 0.130 e. The number of rotatable bonds is 2. The Morgan fingerprint density at radius 2 is 2.19 bits per heavy atom. The van der Waals surface area contributed by atoms with E-state index in [0.717, 1.165) is 31.9 Å². The first-order chi connectivity index (χ1) is 7.68. The number of nitrogen functional groups attached to an aromatic ring is 1. The molecule has 0 radical (unpaired) electrons. The fraction of sp³-hybridized carbons (Fsp3) is 0.545. The Hall–Kier alpha value is -1.00. The summed E-state index contributed by atoms with van der Waals surface area (Å²) in [6.07, 6.45) is 3.66. The van der Waals surface area contributed by atoms with Gasteiger partial charge in [0.25, 0.3) is 0 Å². The lowest BCUT2D eigenvalue weighted by Gasteiger charge is -2.32. The number of nitrogens with two attached hydrogens (primary N) is 1. The molecular formula is C11H16ClN3O. The van der Waals surface area contributed by atoms with Crippen molar-refractivity contribution in [1.29, 1.82) is 0 Å². The van der Waals surface area contributed by atoms with Gasteiger partial charge in [0.05, 0.1) is 10.7 Å². The van der Waals surface area contributed by atoms with E-state index in [1.54, 1.807) is 6.20 Å². The maximum atomic E-state index is 5.85. The molecule has 0 amide bonds. The average molecular weight is 242 g/mol. The minimum absolute atomic E-state index is 0.474. The van der Waals surface area contributed by atoms with Crippen molar-refractivity contribution in [1.82, 2.24) is 4.98 Å². The molecule has 2 N–H and O–H groups in total. The van der Waals surface area contributed by atoms with Crippen molar-refractivity contribution in [3.05, 3.63) is 17.3 Å². The van der Waals surface area contributed by atoms with Crippen LogP contribution >= 0.6 is 11.6 Å². The first-order valence-corrected chi connectivity index (χ1v) is 5.78. The summed E-state index contributed by atoms with van der Waals surface area (Å²) < 4.78 is 5.34. The van der Waals surface area contributed by atoms with Gasteiger partial charge in [-0.05, 0) is 12.8 Å². The van der Waals surface area contributed by atoms with Crippen LogP contribution in [0.3, 0.4) is 0 Å². The van der Waals surface area contributed by atoms with Crippen molar-refractivity contribution >= 4 is 23.1 Å². The molecule has 4 nitrogen and oxygen atoms in total. The third-order valence-corrected chi connectivity index (χ3v) is 3.29. The van der Waals surface area contributed by atoms with Gasteiger partial charge in [0.2, 0.25) is 0 Å². The van der Waals surface area contributed by atoms with Crippen LogP contribution < -0.4 is 10.6 Å². The number of aromatic nitrogens is 1. The highest BCUT2D eigenvalue weighted by molar-refractivity contribution is 6.32. The zero-order chi connectivity index (χ0) is 11.5. The van der Waals surface area contributed by atoms with Gasteiger partial charge in [-0.15, -0.1) is 0 Å². The van der Waals surface area contributed by atoms with E-state index >= 15 is 0 Å². The highest BCUT2D eigenvalue weighted by Crippen LogP contribution is 2.24. The topological polar surface area (TPSA) is 51.4 Å². The number of pyridine rings is 1. The molecule has 5 heteroatoms. The molecule has 1 fully saturated rings. The van der Waals surface area contributed by atoms with Gasteiger partial charge in [0.1, 0.15) is 5.82 Å². The van der Waals surface area contributed by atoms with Gasteiger partial charge in [-0.2, -0.15) is 0 Å². The van der Waals surface area contributed by atoms with Gasteiger partial charge in [-0.25, -0.2) is 4.98 Å². The number of nitrogens with zero attached hydrogens (tertiary/aromatic N) is 2. The van der Waals surface area contributed by atoms with E-state index in [9.17, 15) is 0 Å². The van der Waals surface area contributed by atoms with Gasteiger partial charge < -0.3 is 15.4 Å². The summed E-state index contributed by atoms with van der Waals surface area (Å²) in [5.74, 6) is 0.869. The highest BCUT2D eigenvalue weighted by Gasteiger charge is 2.19. The summed E-state index contributed by atoms with van der Waals surface area (Å²) in [6.45, 7) is 1.64. The predicted octanol–water partition coefficient (Wildman–Crippen LogP) is 1.93. The van der Waals surface area contributed by atoms with Crippen LogP contribution in [0, 0.1) is 0 Å². The molecule has 1 aliphatic rings. The Balaban J connectivity index is 2.12. The molecule has 1 aromatic rings. The van der Waals surface area contributed by atoms with Gasteiger partial charge in [-0.1, -0.05) is 11.6 Å². The maximum absolute atomic E-state index is 5.85. The average Bonchev–Trinajstić information content (AvgIpc) is 2.33. The minimum Gasteiger partial charge on any atom is -0.397 e. The number of hydrogen-bond acceptors (Lipinski definition) is 4.